The van der Waals surface area contributed by atoms with Crippen molar-refractivity contribution in [3.8, 4) is 0 Å². The van der Waals surface area contributed by atoms with E-state index in [-0.39, 0.29) is 24.2 Å². The monoisotopic (exact) mass is 299 g/mol. The number of nitrogens with two attached hydrogens (primary N) is 1. The van der Waals surface area contributed by atoms with Crippen molar-refractivity contribution in [3.63, 3.8) is 0 Å². The number of aliphatic hydroxyl groups excluding tert-OH is 1. The van der Waals surface area contributed by atoms with Crippen molar-refractivity contribution in [2.45, 2.75) is 109 Å². The second-order valence-electron chi connectivity index (χ2n) is 6.92. The van der Waals surface area contributed by atoms with Gasteiger partial charge in [-0.05, 0) is 13.3 Å². The molecule has 0 radical (unpaired) electrons. The Morgan fingerprint density at radius 3 is 2.00 bits per heavy atom. The molecule has 1 saturated heterocycles. The first kappa shape index (κ1) is 18.9. The van der Waals surface area contributed by atoms with Crippen molar-refractivity contribution in [2.24, 2.45) is 11.7 Å². The molecular formula is C18H37NO2. The zero-order chi connectivity index (χ0) is 15.7. The number of unbranched alkanes of at least 4 members (excludes halogenated alkanes) is 8. The molecule has 3 N–H and O–H groups in total. The van der Waals surface area contributed by atoms with Gasteiger partial charge in [0.05, 0.1) is 24.4 Å². The molecule has 1 rings (SSSR count). The maximum Gasteiger partial charge on any atom is 0.0766 e. The molecule has 0 bridgehead atoms. The van der Waals surface area contributed by atoms with Crippen LogP contribution in [0.2, 0.25) is 0 Å². The largest absolute Gasteiger partial charge is 0.391 e. The molecule has 3 heteroatoms. The zero-order valence-corrected chi connectivity index (χ0v) is 14.4. The number of ether oxygens (including phenoxy) is 1. The highest BCUT2D eigenvalue weighted by Crippen LogP contribution is 2.28. The van der Waals surface area contributed by atoms with Crippen molar-refractivity contribution < 1.29 is 9.84 Å². The third-order valence-corrected chi connectivity index (χ3v) is 5.04. The topological polar surface area (TPSA) is 55.5 Å². The average Bonchev–Trinajstić information content (AvgIpc) is 2.48. The lowest BCUT2D eigenvalue weighted by atomic mass is 9.85. The van der Waals surface area contributed by atoms with Crippen LogP contribution in [0, 0.1) is 5.92 Å². The van der Waals surface area contributed by atoms with E-state index in [1.54, 1.807) is 0 Å². The second-order valence-corrected chi connectivity index (χ2v) is 6.92. The molecule has 126 valence electrons. The molecule has 0 spiro atoms. The van der Waals surface area contributed by atoms with E-state index < -0.39 is 6.10 Å². The lowest BCUT2D eigenvalue weighted by Crippen LogP contribution is -2.56. The lowest BCUT2D eigenvalue weighted by Gasteiger charge is -2.41. The van der Waals surface area contributed by atoms with Crippen molar-refractivity contribution in [1.29, 1.82) is 0 Å². The van der Waals surface area contributed by atoms with E-state index in [1.807, 2.05) is 6.92 Å². The van der Waals surface area contributed by atoms with E-state index in [0.29, 0.717) is 0 Å². The van der Waals surface area contributed by atoms with Crippen LogP contribution in [0.3, 0.4) is 0 Å². The molecular weight excluding hydrogens is 262 g/mol. The molecule has 0 aromatic rings. The summed E-state index contributed by atoms with van der Waals surface area (Å²) in [6, 6.07) is -0.237. The summed E-state index contributed by atoms with van der Waals surface area (Å²) in [6.45, 7) is 6.30. The van der Waals surface area contributed by atoms with E-state index in [4.69, 9.17) is 10.5 Å². The predicted molar refractivity (Wildman–Crippen MR) is 89.3 cm³/mol. The van der Waals surface area contributed by atoms with Gasteiger partial charge in [-0.1, -0.05) is 71.6 Å². The van der Waals surface area contributed by atoms with Gasteiger partial charge in [-0.25, -0.2) is 0 Å². The highest BCUT2D eigenvalue weighted by Gasteiger charge is 2.38. The minimum absolute atomic E-state index is 0.0280. The zero-order valence-electron chi connectivity index (χ0n) is 14.4. The van der Waals surface area contributed by atoms with Gasteiger partial charge in [-0.15, -0.1) is 0 Å². The van der Waals surface area contributed by atoms with E-state index in [9.17, 15) is 5.11 Å². The molecule has 0 saturated carbocycles. The van der Waals surface area contributed by atoms with E-state index in [0.717, 1.165) is 6.42 Å². The molecule has 5 atom stereocenters. The number of hydrogen-bond acceptors (Lipinski definition) is 3. The van der Waals surface area contributed by atoms with Gasteiger partial charge in [0.2, 0.25) is 0 Å². The Bertz CT molecular complexity index is 260. The van der Waals surface area contributed by atoms with Gasteiger partial charge in [-0.3, -0.25) is 0 Å². The Labute approximate surface area is 131 Å². The van der Waals surface area contributed by atoms with Gasteiger partial charge in [0.25, 0.3) is 0 Å². The van der Waals surface area contributed by atoms with Gasteiger partial charge in [0.1, 0.15) is 0 Å². The van der Waals surface area contributed by atoms with Crippen molar-refractivity contribution in [2.75, 3.05) is 0 Å². The third-order valence-electron chi connectivity index (χ3n) is 5.04. The van der Waals surface area contributed by atoms with Crippen LogP contribution in [0.5, 0.6) is 0 Å². The van der Waals surface area contributed by atoms with Crippen LogP contribution in [0.15, 0.2) is 0 Å². The molecule has 0 amide bonds. The van der Waals surface area contributed by atoms with Crippen LogP contribution in [0.1, 0.15) is 85.0 Å². The van der Waals surface area contributed by atoms with Crippen LogP contribution in [-0.2, 0) is 4.74 Å². The highest BCUT2D eigenvalue weighted by molar-refractivity contribution is 4.90. The van der Waals surface area contributed by atoms with Gasteiger partial charge in [-0.2, -0.15) is 0 Å². The Kier molecular flexibility index (Phi) is 9.54. The average molecular weight is 299 g/mol. The maximum atomic E-state index is 10.1. The molecule has 0 aromatic carbocycles. The predicted octanol–water partition coefficient (Wildman–Crippen LogP) is 4.02. The minimum atomic E-state index is -0.419. The summed E-state index contributed by atoms with van der Waals surface area (Å²) in [5.74, 6) is 0.158. The molecule has 0 aromatic heterocycles. The summed E-state index contributed by atoms with van der Waals surface area (Å²) < 4.78 is 5.97. The third kappa shape index (κ3) is 6.66. The van der Waals surface area contributed by atoms with Crippen molar-refractivity contribution >= 4 is 0 Å². The summed E-state index contributed by atoms with van der Waals surface area (Å²) in [7, 11) is 0. The van der Waals surface area contributed by atoms with E-state index >= 15 is 0 Å². The first-order chi connectivity index (χ1) is 10.1. The van der Waals surface area contributed by atoms with Gasteiger partial charge >= 0.3 is 0 Å². The van der Waals surface area contributed by atoms with E-state index in [1.165, 1.54) is 57.8 Å². The molecule has 1 heterocycles. The quantitative estimate of drug-likeness (QED) is 0.599. The SMILES string of the molecule is CCCCCCCCCCCC1O[C@@H](C)C(N)[C@H](O)[C@@H]1C. The summed E-state index contributed by atoms with van der Waals surface area (Å²) in [6.07, 6.45) is 12.9. The van der Waals surface area contributed by atoms with Crippen molar-refractivity contribution in [1.82, 2.24) is 0 Å². The highest BCUT2D eigenvalue weighted by atomic mass is 16.5. The molecule has 21 heavy (non-hydrogen) atoms. The Hall–Kier alpha value is -0.120. The molecule has 1 aliphatic heterocycles. The minimum Gasteiger partial charge on any atom is -0.391 e. The fourth-order valence-corrected chi connectivity index (χ4v) is 3.33. The van der Waals surface area contributed by atoms with E-state index in [2.05, 4.69) is 13.8 Å². The number of aliphatic hydroxyl groups is 1. The summed E-state index contributed by atoms with van der Waals surface area (Å²) in [5.41, 5.74) is 5.94. The van der Waals surface area contributed by atoms with Crippen LogP contribution < -0.4 is 5.73 Å². The first-order valence-electron chi connectivity index (χ1n) is 9.17. The molecule has 3 nitrogen and oxygen atoms in total. The van der Waals surface area contributed by atoms with Crippen LogP contribution in [-0.4, -0.2) is 29.5 Å². The van der Waals surface area contributed by atoms with Crippen LogP contribution in [0.25, 0.3) is 0 Å². The van der Waals surface area contributed by atoms with Gasteiger partial charge in [0.15, 0.2) is 0 Å². The number of rotatable bonds is 10. The summed E-state index contributed by atoms with van der Waals surface area (Å²) >= 11 is 0. The summed E-state index contributed by atoms with van der Waals surface area (Å²) in [4.78, 5) is 0. The van der Waals surface area contributed by atoms with Crippen LogP contribution >= 0.6 is 0 Å². The smallest absolute Gasteiger partial charge is 0.0766 e. The Morgan fingerprint density at radius 1 is 0.905 bits per heavy atom. The normalized spacial score (nSPS) is 33.3. The molecule has 2 unspecified atom stereocenters. The van der Waals surface area contributed by atoms with Gasteiger partial charge < -0.3 is 15.6 Å². The van der Waals surface area contributed by atoms with Crippen LogP contribution in [0.4, 0.5) is 0 Å². The fraction of sp³-hybridized carbons (Fsp3) is 1.00. The first-order valence-corrected chi connectivity index (χ1v) is 9.17. The maximum absolute atomic E-state index is 10.1. The second kappa shape index (κ2) is 10.6. The summed E-state index contributed by atoms with van der Waals surface area (Å²) in [5, 5.41) is 10.1. The lowest BCUT2D eigenvalue weighted by molar-refractivity contribution is -0.138. The fourth-order valence-electron chi connectivity index (χ4n) is 3.33. The standard InChI is InChI=1S/C18H37NO2/c1-4-5-6-7-8-9-10-11-12-13-16-14(2)18(20)17(19)15(3)21-16/h14-18,20H,4-13,19H2,1-3H3/t14-,15+,16?,17?,18-/m1/s1. The Morgan fingerprint density at radius 2 is 1.43 bits per heavy atom. The Balaban J connectivity index is 2.04. The molecule has 0 aliphatic carbocycles. The molecule has 1 aliphatic rings. The van der Waals surface area contributed by atoms with Gasteiger partial charge in [0, 0.05) is 5.92 Å². The number of hydrogen-bond donors (Lipinski definition) is 2. The molecule has 1 fully saturated rings. The van der Waals surface area contributed by atoms with Crippen molar-refractivity contribution in [3.05, 3.63) is 0 Å².